The van der Waals surface area contributed by atoms with Gasteiger partial charge in [0.2, 0.25) is 0 Å². The summed E-state index contributed by atoms with van der Waals surface area (Å²) in [6.07, 6.45) is 0.650. The van der Waals surface area contributed by atoms with Crippen molar-refractivity contribution in [3.8, 4) is 0 Å². The SMILES string of the molecule is CC(N)CCC(=O)OC(=O)[C@H](N)C(C)C. The summed E-state index contributed by atoms with van der Waals surface area (Å²) < 4.78 is 4.57. The molecule has 0 radical (unpaired) electrons. The number of carbonyl (C=O) groups is 2. The van der Waals surface area contributed by atoms with E-state index in [1.165, 1.54) is 0 Å². The third-order valence-electron chi connectivity index (χ3n) is 2.01. The minimum atomic E-state index is -0.746. The van der Waals surface area contributed by atoms with Crippen LogP contribution in [0.4, 0.5) is 0 Å². The average Bonchev–Trinajstić information content (AvgIpc) is 2.13. The highest BCUT2D eigenvalue weighted by Gasteiger charge is 2.21. The van der Waals surface area contributed by atoms with Gasteiger partial charge in [-0.25, -0.2) is 4.79 Å². The van der Waals surface area contributed by atoms with Crippen molar-refractivity contribution in [3.63, 3.8) is 0 Å². The Hall–Kier alpha value is -0.940. The van der Waals surface area contributed by atoms with Crippen molar-refractivity contribution in [1.82, 2.24) is 0 Å². The van der Waals surface area contributed by atoms with E-state index in [1.54, 1.807) is 20.8 Å². The first-order valence-corrected chi connectivity index (χ1v) is 5.10. The summed E-state index contributed by atoms with van der Waals surface area (Å²) in [6.45, 7) is 5.37. The van der Waals surface area contributed by atoms with Crippen LogP contribution in [-0.2, 0) is 14.3 Å². The normalized spacial score (nSPS) is 14.8. The Morgan fingerprint density at radius 1 is 1.20 bits per heavy atom. The van der Waals surface area contributed by atoms with Gasteiger partial charge in [0.15, 0.2) is 0 Å². The molecule has 0 aliphatic rings. The molecule has 0 fully saturated rings. The van der Waals surface area contributed by atoms with Crippen LogP contribution >= 0.6 is 0 Å². The van der Waals surface area contributed by atoms with E-state index in [-0.39, 0.29) is 18.4 Å². The van der Waals surface area contributed by atoms with E-state index in [1.807, 2.05) is 0 Å². The molecule has 0 aliphatic carbocycles. The van der Waals surface area contributed by atoms with Gasteiger partial charge in [-0.3, -0.25) is 4.79 Å². The molecule has 5 heteroatoms. The first-order valence-electron chi connectivity index (χ1n) is 5.10. The van der Waals surface area contributed by atoms with Gasteiger partial charge in [-0.15, -0.1) is 0 Å². The van der Waals surface area contributed by atoms with Crippen LogP contribution in [0.3, 0.4) is 0 Å². The first-order chi connectivity index (χ1) is 6.84. The smallest absolute Gasteiger partial charge is 0.330 e. The molecule has 0 spiro atoms. The van der Waals surface area contributed by atoms with Crippen molar-refractivity contribution in [2.45, 2.75) is 45.7 Å². The lowest BCUT2D eigenvalue weighted by Crippen LogP contribution is -2.38. The van der Waals surface area contributed by atoms with Gasteiger partial charge in [0, 0.05) is 12.5 Å². The standard InChI is InChI=1S/C10H20N2O3/c1-6(2)9(12)10(14)15-8(13)5-4-7(3)11/h6-7,9H,4-5,11-12H2,1-3H3/t7?,9-/m1/s1. The van der Waals surface area contributed by atoms with Crippen molar-refractivity contribution >= 4 is 11.9 Å². The Kier molecular flexibility index (Phi) is 6.12. The minimum Gasteiger partial charge on any atom is -0.392 e. The first kappa shape index (κ1) is 14.1. The Balaban J connectivity index is 3.91. The second-order valence-electron chi connectivity index (χ2n) is 4.08. The van der Waals surface area contributed by atoms with Crippen LogP contribution in [0.25, 0.3) is 0 Å². The third-order valence-corrected chi connectivity index (χ3v) is 2.01. The maximum absolute atomic E-state index is 11.2. The second kappa shape index (κ2) is 6.53. The van der Waals surface area contributed by atoms with Gasteiger partial charge >= 0.3 is 11.9 Å². The molecule has 15 heavy (non-hydrogen) atoms. The fourth-order valence-corrected chi connectivity index (χ4v) is 0.849. The van der Waals surface area contributed by atoms with Crippen LogP contribution in [-0.4, -0.2) is 24.0 Å². The molecular weight excluding hydrogens is 196 g/mol. The highest BCUT2D eigenvalue weighted by Crippen LogP contribution is 2.03. The molecule has 0 saturated heterocycles. The molecule has 0 aromatic carbocycles. The van der Waals surface area contributed by atoms with Gasteiger partial charge in [0.05, 0.1) is 0 Å². The molecule has 2 atom stereocenters. The predicted molar refractivity (Wildman–Crippen MR) is 56.8 cm³/mol. The quantitative estimate of drug-likeness (QED) is 0.504. The maximum Gasteiger partial charge on any atom is 0.330 e. The lowest BCUT2D eigenvalue weighted by molar-refractivity contribution is -0.161. The monoisotopic (exact) mass is 216 g/mol. The summed E-state index contributed by atoms with van der Waals surface area (Å²) in [5.74, 6) is -1.27. The van der Waals surface area contributed by atoms with E-state index in [9.17, 15) is 9.59 Å². The number of esters is 2. The summed E-state index contributed by atoms with van der Waals surface area (Å²) in [7, 11) is 0. The summed E-state index contributed by atoms with van der Waals surface area (Å²) in [4.78, 5) is 22.4. The van der Waals surface area contributed by atoms with Gasteiger partial charge in [-0.1, -0.05) is 13.8 Å². The maximum atomic E-state index is 11.2. The molecule has 0 rings (SSSR count). The van der Waals surface area contributed by atoms with Gasteiger partial charge in [0.1, 0.15) is 6.04 Å². The molecule has 4 N–H and O–H groups in total. The summed E-state index contributed by atoms with van der Waals surface area (Å²) in [5.41, 5.74) is 11.0. The highest BCUT2D eigenvalue weighted by atomic mass is 16.6. The molecule has 0 heterocycles. The lowest BCUT2D eigenvalue weighted by Gasteiger charge is -2.13. The van der Waals surface area contributed by atoms with Crippen molar-refractivity contribution in [3.05, 3.63) is 0 Å². The molecule has 0 aromatic heterocycles. The Morgan fingerprint density at radius 3 is 2.13 bits per heavy atom. The van der Waals surface area contributed by atoms with Gasteiger partial charge in [-0.05, 0) is 19.3 Å². The van der Waals surface area contributed by atoms with Crippen LogP contribution < -0.4 is 11.5 Å². The number of hydrogen-bond donors (Lipinski definition) is 2. The molecule has 0 aliphatic heterocycles. The summed E-state index contributed by atoms with van der Waals surface area (Å²) in [5, 5.41) is 0. The van der Waals surface area contributed by atoms with Crippen LogP contribution in [0.2, 0.25) is 0 Å². The van der Waals surface area contributed by atoms with E-state index in [4.69, 9.17) is 11.5 Å². The molecule has 0 amide bonds. The van der Waals surface area contributed by atoms with Gasteiger partial charge in [-0.2, -0.15) is 0 Å². The zero-order chi connectivity index (χ0) is 12.0. The Bertz CT molecular complexity index is 227. The van der Waals surface area contributed by atoms with Crippen LogP contribution in [0.15, 0.2) is 0 Å². The molecular formula is C10H20N2O3. The zero-order valence-electron chi connectivity index (χ0n) is 9.53. The predicted octanol–water partition coefficient (Wildman–Crippen LogP) is 0.167. The number of rotatable bonds is 5. The summed E-state index contributed by atoms with van der Waals surface area (Å²) >= 11 is 0. The molecule has 0 saturated carbocycles. The second-order valence-corrected chi connectivity index (χ2v) is 4.08. The molecule has 5 nitrogen and oxygen atoms in total. The molecule has 88 valence electrons. The van der Waals surface area contributed by atoms with Crippen molar-refractivity contribution in [2.24, 2.45) is 17.4 Å². The summed E-state index contributed by atoms with van der Waals surface area (Å²) in [6, 6.07) is -0.823. The van der Waals surface area contributed by atoms with Gasteiger partial charge in [0.25, 0.3) is 0 Å². The van der Waals surface area contributed by atoms with E-state index < -0.39 is 18.0 Å². The molecule has 0 bridgehead atoms. The number of carbonyl (C=O) groups excluding carboxylic acids is 2. The fourth-order valence-electron chi connectivity index (χ4n) is 0.849. The topological polar surface area (TPSA) is 95.4 Å². The van der Waals surface area contributed by atoms with E-state index >= 15 is 0 Å². The van der Waals surface area contributed by atoms with Crippen LogP contribution in [0, 0.1) is 5.92 Å². The van der Waals surface area contributed by atoms with E-state index in [2.05, 4.69) is 4.74 Å². The lowest BCUT2D eigenvalue weighted by atomic mass is 10.1. The number of ether oxygens (including phenoxy) is 1. The van der Waals surface area contributed by atoms with Crippen molar-refractivity contribution in [2.75, 3.05) is 0 Å². The minimum absolute atomic E-state index is 0.0428. The molecule has 1 unspecified atom stereocenters. The average molecular weight is 216 g/mol. The third kappa shape index (κ3) is 6.19. The number of nitrogens with two attached hydrogens (primary N) is 2. The molecule has 0 aromatic rings. The fraction of sp³-hybridized carbons (Fsp3) is 0.800. The van der Waals surface area contributed by atoms with Crippen molar-refractivity contribution < 1.29 is 14.3 Å². The highest BCUT2D eigenvalue weighted by molar-refractivity contribution is 5.88. The van der Waals surface area contributed by atoms with Gasteiger partial charge < -0.3 is 16.2 Å². The zero-order valence-corrected chi connectivity index (χ0v) is 9.53. The number of hydrogen-bond acceptors (Lipinski definition) is 5. The van der Waals surface area contributed by atoms with E-state index in [0.717, 1.165) is 0 Å². The van der Waals surface area contributed by atoms with Crippen molar-refractivity contribution in [1.29, 1.82) is 0 Å². The van der Waals surface area contributed by atoms with E-state index in [0.29, 0.717) is 6.42 Å². The Labute approximate surface area is 90.1 Å². The largest absolute Gasteiger partial charge is 0.392 e. The Morgan fingerprint density at radius 2 is 1.73 bits per heavy atom. The van der Waals surface area contributed by atoms with Crippen LogP contribution in [0.1, 0.15) is 33.6 Å². The van der Waals surface area contributed by atoms with Crippen LogP contribution in [0.5, 0.6) is 0 Å².